The second-order valence-corrected chi connectivity index (χ2v) is 9.49. The van der Waals surface area contributed by atoms with Gasteiger partial charge in [0.05, 0.1) is 5.69 Å². The Morgan fingerprint density at radius 1 is 1.09 bits per heavy atom. The van der Waals surface area contributed by atoms with Crippen LogP contribution >= 0.6 is 0 Å². The second-order valence-electron chi connectivity index (χ2n) is 9.49. The largest absolute Gasteiger partial charge is 0.384 e. The summed E-state index contributed by atoms with van der Waals surface area (Å²) in [6.07, 6.45) is 3.30. The van der Waals surface area contributed by atoms with Crippen LogP contribution < -0.4 is 10.9 Å². The number of hydrogen-bond acceptors (Lipinski definition) is 7. The molecule has 4 rings (SSSR count). The van der Waals surface area contributed by atoms with Crippen LogP contribution in [0.2, 0.25) is 0 Å². The molecule has 0 bridgehead atoms. The van der Waals surface area contributed by atoms with Crippen molar-refractivity contribution in [1.82, 2.24) is 29.2 Å². The van der Waals surface area contributed by atoms with E-state index in [1.807, 2.05) is 31.2 Å². The lowest BCUT2D eigenvalue weighted by Crippen LogP contribution is -2.24. The first-order valence-electron chi connectivity index (χ1n) is 11.9. The summed E-state index contributed by atoms with van der Waals surface area (Å²) in [5.41, 5.74) is 1.80. The van der Waals surface area contributed by atoms with Crippen LogP contribution in [-0.2, 0) is 18.6 Å². The average molecular weight is 476 g/mol. The summed E-state index contributed by atoms with van der Waals surface area (Å²) in [4.78, 5) is 29.1. The number of nitrogens with one attached hydrogen (secondary N) is 1. The van der Waals surface area contributed by atoms with Crippen molar-refractivity contribution >= 4 is 22.7 Å². The van der Waals surface area contributed by atoms with Gasteiger partial charge in [0, 0.05) is 25.0 Å². The SMILES string of the molecule is CCCn1c(=O)c2cnc(Nc3ccc(CCN(C)C)cc3)nc2n1-c1cccc(C(C)(C)O)n1. The number of fused-ring (bicyclic) bond motifs is 1. The highest BCUT2D eigenvalue weighted by atomic mass is 16.3. The Kier molecular flexibility index (Phi) is 7.00. The lowest BCUT2D eigenvalue weighted by Gasteiger charge is -2.18. The van der Waals surface area contributed by atoms with Gasteiger partial charge < -0.3 is 15.3 Å². The van der Waals surface area contributed by atoms with Gasteiger partial charge in [-0.2, -0.15) is 4.98 Å². The lowest BCUT2D eigenvalue weighted by atomic mass is 10.1. The molecule has 3 aromatic heterocycles. The monoisotopic (exact) mass is 475 g/mol. The minimum absolute atomic E-state index is 0.172. The fraction of sp³-hybridized carbons (Fsp3) is 0.385. The van der Waals surface area contributed by atoms with E-state index in [1.165, 1.54) is 5.56 Å². The number of likely N-dealkylation sites (N-methyl/N-ethyl adjacent to an activating group) is 1. The number of pyridine rings is 1. The average Bonchev–Trinajstić information content (AvgIpc) is 3.09. The Bertz CT molecular complexity index is 1370. The molecule has 184 valence electrons. The van der Waals surface area contributed by atoms with E-state index in [1.54, 1.807) is 35.5 Å². The number of hydrogen-bond donors (Lipinski definition) is 2. The molecule has 0 radical (unpaired) electrons. The van der Waals surface area contributed by atoms with Crippen molar-refractivity contribution in [3.63, 3.8) is 0 Å². The number of rotatable bonds is 9. The number of aromatic nitrogens is 5. The summed E-state index contributed by atoms with van der Waals surface area (Å²) in [5.74, 6) is 0.902. The van der Waals surface area contributed by atoms with Crippen LogP contribution in [0.1, 0.15) is 38.4 Å². The predicted molar refractivity (Wildman–Crippen MR) is 138 cm³/mol. The van der Waals surface area contributed by atoms with Gasteiger partial charge in [0.2, 0.25) is 5.95 Å². The van der Waals surface area contributed by atoms with Gasteiger partial charge in [0.25, 0.3) is 5.56 Å². The summed E-state index contributed by atoms with van der Waals surface area (Å²) in [5, 5.41) is 14.1. The normalized spacial score (nSPS) is 12.0. The van der Waals surface area contributed by atoms with Gasteiger partial charge >= 0.3 is 0 Å². The zero-order valence-corrected chi connectivity index (χ0v) is 21.0. The fourth-order valence-corrected chi connectivity index (χ4v) is 3.85. The molecule has 0 aliphatic carbocycles. The van der Waals surface area contributed by atoms with Gasteiger partial charge in [-0.05, 0) is 70.6 Å². The molecule has 0 unspecified atom stereocenters. The first-order valence-corrected chi connectivity index (χ1v) is 11.9. The Morgan fingerprint density at radius 3 is 2.49 bits per heavy atom. The van der Waals surface area contributed by atoms with Crippen molar-refractivity contribution < 1.29 is 5.11 Å². The Labute approximate surface area is 205 Å². The topological polar surface area (TPSA) is 101 Å². The van der Waals surface area contributed by atoms with Gasteiger partial charge in [0.15, 0.2) is 11.5 Å². The molecule has 35 heavy (non-hydrogen) atoms. The summed E-state index contributed by atoms with van der Waals surface area (Å²) in [6.45, 7) is 6.86. The molecule has 0 fully saturated rings. The summed E-state index contributed by atoms with van der Waals surface area (Å²) < 4.78 is 3.34. The minimum Gasteiger partial charge on any atom is -0.384 e. The number of nitrogens with zero attached hydrogens (tertiary/aromatic N) is 6. The molecule has 0 saturated heterocycles. The van der Waals surface area contributed by atoms with E-state index in [9.17, 15) is 9.90 Å². The molecule has 2 N–H and O–H groups in total. The molecule has 4 aromatic rings. The zero-order chi connectivity index (χ0) is 25.2. The van der Waals surface area contributed by atoms with Crippen LogP contribution in [-0.4, -0.2) is 55.0 Å². The van der Waals surface area contributed by atoms with Crippen LogP contribution in [0.25, 0.3) is 16.9 Å². The molecule has 9 heteroatoms. The van der Waals surface area contributed by atoms with Gasteiger partial charge in [-0.25, -0.2) is 19.3 Å². The lowest BCUT2D eigenvalue weighted by molar-refractivity contribution is 0.0738. The summed E-state index contributed by atoms with van der Waals surface area (Å²) in [6, 6.07) is 13.6. The highest BCUT2D eigenvalue weighted by molar-refractivity contribution is 5.77. The van der Waals surface area contributed by atoms with Crippen LogP contribution in [0, 0.1) is 0 Å². The highest BCUT2D eigenvalue weighted by Gasteiger charge is 2.21. The third kappa shape index (κ3) is 5.41. The van der Waals surface area contributed by atoms with Crippen LogP contribution in [0.3, 0.4) is 0 Å². The minimum atomic E-state index is -1.12. The van der Waals surface area contributed by atoms with Crippen molar-refractivity contribution in [3.8, 4) is 5.82 Å². The Hall–Kier alpha value is -3.56. The number of aliphatic hydroxyl groups is 1. The first kappa shape index (κ1) is 24.6. The van der Waals surface area contributed by atoms with Crippen molar-refractivity contribution in [2.75, 3.05) is 26.0 Å². The van der Waals surface area contributed by atoms with Crippen molar-refractivity contribution in [2.24, 2.45) is 0 Å². The van der Waals surface area contributed by atoms with Gasteiger partial charge in [0.1, 0.15) is 11.0 Å². The van der Waals surface area contributed by atoms with E-state index in [0.717, 1.165) is 25.1 Å². The highest BCUT2D eigenvalue weighted by Crippen LogP contribution is 2.22. The smallest absolute Gasteiger partial charge is 0.278 e. The molecule has 1 aromatic carbocycles. The van der Waals surface area contributed by atoms with Crippen molar-refractivity contribution in [3.05, 3.63) is 70.3 Å². The van der Waals surface area contributed by atoms with E-state index >= 15 is 0 Å². The van der Waals surface area contributed by atoms with Gasteiger partial charge in [-0.1, -0.05) is 25.1 Å². The second kappa shape index (κ2) is 9.97. The third-order valence-electron chi connectivity index (χ3n) is 5.75. The molecule has 0 spiro atoms. The van der Waals surface area contributed by atoms with Crippen molar-refractivity contribution in [1.29, 1.82) is 0 Å². The molecule has 0 amide bonds. The van der Waals surface area contributed by atoms with Crippen LogP contribution in [0.15, 0.2) is 53.5 Å². The summed E-state index contributed by atoms with van der Waals surface area (Å²) in [7, 11) is 4.13. The van der Waals surface area contributed by atoms with Gasteiger partial charge in [-0.15, -0.1) is 0 Å². The fourth-order valence-electron chi connectivity index (χ4n) is 3.85. The molecule has 0 atom stereocenters. The van der Waals surface area contributed by atoms with E-state index < -0.39 is 5.60 Å². The maximum atomic E-state index is 13.2. The Balaban J connectivity index is 1.74. The standard InChI is InChI=1S/C26H33N7O2/c1-6-15-32-24(34)20-17-27-25(28-19-12-10-18(11-13-19)14-16-31(4)5)30-23(20)33(32)22-9-7-8-21(29-22)26(2,3)35/h7-13,17,35H,6,14-16H2,1-5H3,(H,27,28,30). The quantitative estimate of drug-likeness (QED) is 0.382. The molecule has 0 aliphatic rings. The molecular formula is C26H33N7O2. The molecule has 0 aliphatic heterocycles. The van der Waals surface area contributed by atoms with E-state index in [2.05, 4.69) is 46.4 Å². The maximum absolute atomic E-state index is 13.2. The first-order chi connectivity index (χ1) is 16.7. The van der Waals surface area contributed by atoms with Gasteiger partial charge in [-0.3, -0.25) is 4.79 Å². The molecule has 3 heterocycles. The predicted octanol–water partition coefficient (Wildman–Crippen LogP) is 3.46. The van der Waals surface area contributed by atoms with Crippen molar-refractivity contribution in [2.45, 2.75) is 45.8 Å². The summed E-state index contributed by atoms with van der Waals surface area (Å²) >= 11 is 0. The molecule has 0 saturated carbocycles. The zero-order valence-electron chi connectivity index (χ0n) is 21.0. The Morgan fingerprint density at radius 2 is 1.83 bits per heavy atom. The maximum Gasteiger partial charge on any atom is 0.278 e. The van der Waals surface area contributed by atoms with E-state index in [-0.39, 0.29) is 5.56 Å². The van der Waals surface area contributed by atoms with E-state index in [4.69, 9.17) is 4.98 Å². The number of anilines is 2. The molecular weight excluding hydrogens is 442 g/mol. The van der Waals surface area contributed by atoms with Crippen LogP contribution in [0.4, 0.5) is 11.6 Å². The van der Waals surface area contributed by atoms with E-state index in [0.29, 0.717) is 35.0 Å². The molecule has 9 nitrogen and oxygen atoms in total. The van der Waals surface area contributed by atoms with Crippen LogP contribution in [0.5, 0.6) is 0 Å². The third-order valence-corrected chi connectivity index (χ3v) is 5.75. The number of benzene rings is 1.